The highest BCUT2D eigenvalue weighted by atomic mass is 79.9. The van der Waals surface area contributed by atoms with Crippen LogP contribution in [-0.4, -0.2) is 5.78 Å². The van der Waals surface area contributed by atoms with Gasteiger partial charge in [0.2, 0.25) is 0 Å². The van der Waals surface area contributed by atoms with E-state index in [1.54, 1.807) is 0 Å². The second-order valence-corrected chi connectivity index (χ2v) is 6.95. The van der Waals surface area contributed by atoms with Crippen LogP contribution in [0.2, 0.25) is 0 Å². The molecule has 0 atom stereocenters. The van der Waals surface area contributed by atoms with Gasteiger partial charge in [-0.15, -0.1) is 0 Å². The molecule has 0 N–H and O–H groups in total. The van der Waals surface area contributed by atoms with Crippen LogP contribution in [0.4, 0.5) is 0 Å². The number of ketones is 1. The van der Waals surface area contributed by atoms with Crippen LogP contribution in [0.1, 0.15) is 57.4 Å². The third-order valence-corrected chi connectivity index (χ3v) is 5.36. The predicted molar refractivity (Wildman–Crippen MR) is 87.8 cm³/mol. The number of hydrogen-bond donors (Lipinski definition) is 0. The maximum absolute atomic E-state index is 12.4. The summed E-state index contributed by atoms with van der Waals surface area (Å²) in [6.07, 6.45) is 9.32. The summed E-state index contributed by atoms with van der Waals surface area (Å²) in [6.45, 7) is 2.26. The van der Waals surface area contributed by atoms with Crippen LogP contribution in [0, 0.1) is 11.8 Å². The molecule has 0 aromatic heterocycles. The number of rotatable bonds is 6. The number of Topliss-reactive ketones (excluding diaryl/α,β-unsaturated/α-hetero) is 1. The lowest BCUT2D eigenvalue weighted by molar-refractivity contribution is -0.123. The Bertz CT molecular complexity index is 433. The third kappa shape index (κ3) is 4.44. The highest BCUT2D eigenvalue weighted by Gasteiger charge is 2.26. The van der Waals surface area contributed by atoms with Crippen LogP contribution in [0.25, 0.3) is 0 Å². The SMILES string of the molecule is CCCCC1CCC(C(=O)Cc2ccccc2Br)CC1. The fraction of sp³-hybridized carbons (Fsp3) is 0.611. The van der Waals surface area contributed by atoms with E-state index in [2.05, 4.69) is 28.9 Å². The van der Waals surface area contributed by atoms with Crippen molar-refractivity contribution in [3.8, 4) is 0 Å². The molecule has 20 heavy (non-hydrogen) atoms. The molecule has 110 valence electrons. The summed E-state index contributed by atoms with van der Waals surface area (Å²) in [5.74, 6) is 1.62. The Morgan fingerprint density at radius 3 is 2.55 bits per heavy atom. The molecule has 0 heterocycles. The van der Waals surface area contributed by atoms with E-state index in [1.807, 2.05) is 18.2 Å². The molecule has 1 aliphatic rings. The number of hydrogen-bond acceptors (Lipinski definition) is 1. The second-order valence-electron chi connectivity index (χ2n) is 6.09. The largest absolute Gasteiger partial charge is 0.299 e. The Hall–Kier alpha value is -0.630. The van der Waals surface area contributed by atoms with Crippen molar-refractivity contribution in [2.75, 3.05) is 0 Å². The highest BCUT2D eigenvalue weighted by molar-refractivity contribution is 9.10. The maximum Gasteiger partial charge on any atom is 0.140 e. The third-order valence-electron chi connectivity index (χ3n) is 4.59. The van der Waals surface area contributed by atoms with Gasteiger partial charge in [-0.2, -0.15) is 0 Å². The molecule has 1 saturated carbocycles. The fourth-order valence-electron chi connectivity index (χ4n) is 3.24. The standard InChI is InChI=1S/C18H25BrO/c1-2-3-6-14-9-11-15(12-10-14)18(20)13-16-7-4-5-8-17(16)19/h4-5,7-8,14-15H,2-3,6,9-13H2,1H3. The Balaban J connectivity index is 1.82. The lowest BCUT2D eigenvalue weighted by atomic mass is 9.77. The molecule has 1 fully saturated rings. The number of halogens is 1. The lowest BCUT2D eigenvalue weighted by Crippen LogP contribution is -2.23. The average molecular weight is 337 g/mol. The topological polar surface area (TPSA) is 17.1 Å². The number of benzene rings is 1. The van der Waals surface area contributed by atoms with Crippen molar-refractivity contribution < 1.29 is 4.79 Å². The van der Waals surface area contributed by atoms with Gasteiger partial charge >= 0.3 is 0 Å². The van der Waals surface area contributed by atoms with E-state index in [0.29, 0.717) is 18.1 Å². The van der Waals surface area contributed by atoms with Gasteiger partial charge in [-0.05, 0) is 43.2 Å². The second kappa shape index (κ2) is 7.97. The molecule has 0 unspecified atom stereocenters. The van der Waals surface area contributed by atoms with Gasteiger partial charge in [-0.1, -0.05) is 60.3 Å². The Morgan fingerprint density at radius 2 is 1.90 bits per heavy atom. The van der Waals surface area contributed by atoms with Crippen molar-refractivity contribution in [2.24, 2.45) is 11.8 Å². The first-order valence-corrected chi connectivity index (χ1v) is 8.76. The summed E-state index contributed by atoms with van der Waals surface area (Å²) in [6, 6.07) is 8.07. The molecule has 0 radical (unpaired) electrons. The first kappa shape index (κ1) is 15.8. The number of carbonyl (C=O) groups excluding carboxylic acids is 1. The zero-order valence-corrected chi connectivity index (χ0v) is 14.0. The summed E-state index contributed by atoms with van der Waals surface area (Å²) >= 11 is 3.53. The summed E-state index contributed by atoms with van der Waals surface area (Å²) < 4.78 is 1.06. The maximum atomic E-state index is 12.4. The van der Waals surface area contributed by atoms with E-state index in [4.69, 9.17) is 0 Å². The van der Waals surface area contributed by atoms with E-state index in [9.17, 15) is 4.79 Å². The number of carbonyl (C=O) groups is 1. The van der Waals surface area contributed by atoms with Crippen LogP contribution >= 0.6 is 15.9 Å². The van der Waals surface area contributed by atoms with Gasteiger partial charge in [0.1, 0.15) is 5.78 Å². The van der Waals surface area contributed by atoms with Crippen molar-refractivity contribution in [1.82, 2.24) is 0 Å². The molecule has 1 aromatic rings. The first-order valence-electron chi connectivity index (χ1n) is 7.96. The minimum Gasteiger partial charge on any atom is -0.299 e. The molecule has 0 amide bonds. The predicted octanol–water partition coefficient (Wildman–Crippen LogP) is 5.56. The van der Waals surface area contributed by atoms with Gasteiger partial charge in [-0.25, -0.2) is 0 Å². The Kier molecular flexibility index (Phi) is 6.28. The molecule has 0 aliphatic heterocycles. The van der Waals surface area contributed by atoms with E-state index in [1.165, 1.54) is 32.1 Å². The molecular formula is C18H25BrO. The molecule has 0 spiro atoms. The van der Waals surface area contributed by atoms with Gasteiger partial charge < -0.3 is 0 Å². The van der Waals surface area contributed by atoms with Gasteiger partial charge in [-0.3, -0.25) is 4.79 Å². The highest BCUT2D eigenvalue weighted by Crippen LogP contribution is 2.33. The van der Waals surface area contributed by atoms with Crippen LogP contribution in [0.5, 0.6) is 0 Å². The van der Waals surface area contributed by atoms with E-state index >= 15 is 0 Å². The van der Waals surface area contributed by atoms with Gasteiger partial charge in [0.25, 0.3) is 0 Å². The molecule has 1 aromatic carbocycles. The van der Waals surface area contributed by atoms with Crippen molar-refractivity contribution in [1.29, 1.82) is 0 Å². The smallest absolute Gasteiger partial charge is 0.140 e. The van der Waals surface area contributed by atoms with Crippen molar-refractivity contribution in [3.63, 3.8) is 0 Å². The minimum absolute atomic E-state index is 0.306. The summed E-state index contributed by atoms with van der Waals surface area (Å²) in [5, 5.41) is 0. The Morgan fingerprint density at radius 1 is 1.20 bits per heavy atom. The van der Waals surface area contributed by atoms with Gasteiger partial charge in [0.05, 0.1) is 0 Å². The lowest BCUT2D eigenvalue weighted by Gasteiger charge is -2.27. The van der Waals surface area contributed by atoms with E-state index in [-0.39, 0.29) is 0 Å². The van der Waals surface area contributed by atoms with Crippen LogP contribution in [0.15, 0.2) is 28.7 Å². The summed E-state index contributed by atoms with van der Waals surface area (Å²) in [7, 11) is 0. The molecule has 0 saturated heterocycles. The van der Waals surface area contributed by atoms with Crippen molar-refractivity contribution in [3.05, 3.63) is 34.3 Å². The molecule has 1 nitrogen and oxygen atoms in total. The Labute approximate surface area is 131 Å². The summed E-state index contributed by atoms with van der Waals surface area (Å²) in [4.78, 5) is 12.4. The molecular weight excluding hydrogens is 312 g/mol. The van der Waals surface area contributed by atoms with E-state index < -0.39 is 0 Å². The van der Waals surface area contributed by atoms with Crippen LogP contribution in [0.3, 0.4) is 0 Å². The quantitative estimate of drug-likeness (QED) is 0.664. The van der Waals surface area contributed by atoms with E-state index in [0.717, 1.165) is 28.8 Å². The zero-order chi connectivity index (χ0) is 14.4. The van der Waals surface area contributed by atoms with Crippen LogP contribution < -0.4 is 0 Å². The first-order chi connectivity index (χ1) is 9.70. The fourth-order valence-corrected chi connectivity index (χ4v) is 3.66. The van der Waals surface area contributed by atoms with Crippen molar-refractivity contribution >= 4 is 21.7 Å². The monoisotopic (exact) mass is 336 g/mol. The normalized spacial score (nSPS) is 22.7. The zero-order valence-electron chi connectivity index (χ0n) is 12.4. The average Bonchev–Trinajstić information content (AvgIpc) is 2.48. The molecule has 0 bridgehead atoms. The summed E-state index contributed by atoms with van der Waals surface area (Å²) in [5.41, 5.74) is 1.13. The molecule has 2 heteroatoms. The molecule has 2 rings (SSSR count). The molecule has 1 aliphatic carbocycles. The minimum atomic E-state index is 0.306. The van der Waals surface area contributed by atoms with Gasteiger partial charge in [0.15, 0.2) is 0 Å². The van der Waals surface area contributed by atoms with Gasteiger partial charge in [0, 0.05) is 16.8 Å². The van der Waals surface area contributed by atoms with Crippen LogP contribution in [-0.2, 0) is 11.2 Å². The van der Waals surface area contributed by atoms with Crippen molar-refractivity contribution in [2.45, 2.75) is 58.3 Å². The number of unbranched alkanes of at least 4 members (excludes halogenated alkanes) is 1.